The summed E-state index contributed by atoms with van der Waals surface area (Å²) in [4.78, 5) is 32.6. The predicted octanol–water partition coefficient (Wildman–Crippen LogP) is 19.8. The minimum absolute atomic E-state index is 0.0562. The second-order valence-electron chi connectivity index (χ2n) is 25.9. The molecule has 3 aliphatic rings. The Kier molecular flexibility index (Phi) is 12.9. The van der Waals surface area contributed by atoms with Crippen LogP contribution in [-0.2, 0) is 5.41 Å². The van der Waals surface area contributed by atoms with Gasteiger partial charge in [0.2, 0.25) is 0 Å². The first-order chi connectivity index (χ1) is 47.9. The molecule has 0 fully saturated rings. The van der Waals surface area contributed by atoms with E-state index in [0.717, 1.165) is 106 Å². The normalized spacial score (nSPS) is 13.1. The first-order valence-corrected chi connectivity index (χ1v) is 33.2. The fourth-order valence-corrected chi connectivity index (χ4v) is 15.6. The molecule has 97 heavy (non-hydrogen) atoms. The van der Waals surface area contributed by atoms with Gasteiger partial charge in [-0.1, -0.05) is 244 Å². The van der Waals surface area contributed by atoms with E-state index in [9.17, 15) is 0 Å². The van der Waals surface area contributed by atoms with Crippen molar-refractivity contribution < 1.29 is 0 Å². The minimum Gasteiger partial charge on any atom is -0.311 e. The van der Waals surface area contributed by atoms with Crippen LogP contribution in [0.2, 0.25) is 0 Å². The van der Waals surface area contributed by atoms with Gasteiger partial charge in [0.25, 0.3) is 6.71 Å². The second-order valence-corrected chi connectivity index (χ2v) is 25.9. The average molecular weight is 1240 g/mol. The Bertz CT molecular complexity index is 5750. The third-order valence-electron chi connectivity index (χ3n) is 20.0. The zero-order valence-electron chi connectivity index (χ0n) is 53.3. The number of benzene rings is 13. The molecule has 19 rings (SSSR count). The zero-order valence-corrected chi connectivity index (χ0v) is 53.3. The highest BCUT2D eigenvalue weighted by Crippen LogP contribution is 2.53. The molecule has 0 radical (unpaired) electrons. The molecule has 0 atom stereocenters. The topological polar surface area (TPSA) is 75.9 Å². The number of hydrogen-bond donors (Lipinski definition) is 0. The maximum absolute atomic E-state index is 5.74. The summed E-state index contributed by atoms with van der Waals surface area (Å²) < 4.78 is 2.43. The van der Waals surface area contributed by atoms with Crippen molar-refractivity contribution in [2.45, 2.75) is 19.3 Å². The van der Waals surface area contributed by atoms with Gasteiger partial charge in [-0.15, -0.1) is 0 Å². The third kappa shape index (κ3) is 9.03. The highest BCUT2D eigenvalue weighted by Gasteiger charge is 2.44. The van der Waals surface area contributed by atoms with Gasteiger partial charge in [0, 0.05) is 83.6 Å². The van der Waals surface area contributed by atoms with Crippen LogP contribution >= 0.6 is 0 Å². The van der Waals surface area contributed by atoms with Gasteiger partial charge in [0.1, 0.15) is 0 Å². The van der Waals surface area contributed by atoms with Gasteiger partial charge in [-0.2, -0.15) is 0 Å². The van der Waals surface area contributed by atoms with Gasteiger partial charge in [-0.05, 0) is 135 Å². The highest BCUT2D eigenvalue weighted by atomic mass is 15.2. The lowest BCUT2D eigenvalue weighted by atomic mass is 9.33. The van der Waals surface area contributed by atoms with E-state index in [4.69, 9.17) is 24.9 Å². The number of fused-ring (bicyclic) bond motifs is 10. The molecule has 0 N–H and O–H groups in total. The van der Waals surface area contributed by atoms with Crippen LogP contribution in [0.25, 0.3) is 118 Å². The van der Waals surface area contributed by atoms with Crippen molar-refractivity contribution in [2.75, 3.05) is 9.80 Å². The number of anilines is 6. The summed E-state index contributed by atoms with van der Waals surface area (Å²) in [6, 6.07) is 115. The van der Waals surface area contributed by atoms with Crippen LogP contribution < -0.4 is 26.2 Å². The van der Waals surface area contributed by atoms with E-state index in [0.29, 0.717) is 23.3 Å². The molecule has 0 spiro atoms. The Morgan fingerprint density at radius 3 is 1.49 bits per heavy atom. The molecule has 2 aliphatic heterocycles. The maximum atomic E-state index is 5.74. The highest BCUT2D eigenvalue weighted by molar-refractivity contribution is 7.00. The Morgan fingerprint density at radius 2 is 0.804 bits per heavy atom. The first-order valence-electron chi connectivity index (χ1n) is 33.2. The quantitative estimate of drug-likeness (QED) is 0.126. The molecular formula is C88H59BN8. The van der Waals surface area contributed by atoms with Crippen LogP contribution in [0.15, 0.2) is 322 Å². The summed E-state index contributed by atoms with van der Waals surface area (Å²) in [6.45, 7) is 4.65. The molecule has 16 aromatic rings. The van der Waals surface area contributed by atoms with Crippen molar-refractivity contribution >= 4 is 79.0 Å². The molecule has 0 bridgehead atoms. The van der Waals surface area contributed by atoms with Crippen LogP contribution in [0.5, 0.6) is 0 Å². The van der Waals surface area contributed by atoms with E-state index in [1.54, 1.807) is 0 Å². The van der Waals surface area contributed by atoms with Crippen LogP contribution in [-0.4, -0.2) is 36.2 Å². The summed E-state index contributed by atoms with van der Waals surface area (Å²) in [5.74, 6) is 2.17. The van der Waals surface area contributed by atoms with E-state index >= 15 is 0 Å². The number of para-hydroxylation sites is 5. The van der Waals surface area contributed by atoms with Crippen molar-refractivity contribution in [3.8, 4) is 96.0 Å². The van der Waals surface area contributed by atoms with Crippen LogP contribution in [0.1, 0.15) is 25.0 Å². The smallest absolute Gasteiger partial charge is 0.252 e. The number of hydrogen-bond acceptors (Lipinski definition) is 7. The van der Waals surface area contributed by atoms with Crippen molar-refractivity contribution in [3.05, 3.63) is 333 Å². The molecule has 13 aromatic carbocycles. The molecule has 0 unspecified atom stereocenters. The Morgan fingerprint density at radius 1 is 0.289 bits per heavy atom. The lowest BCUT2D eigenvalue weighted by Crippen LogP contribution is -2.61. The summed E-state index contributed by atoms with van der Waals surface area (Å²) >= 11 is 0. The predicted molar refractivity (Wildman–Crippen MR) is 399 cm³/mol. The van der Waals surface area contributed by atoms with Gasteiger partial charge in [-0.3, -0.25) is 0 Å². The molecule has 8 nitrogen and oxygen atoms in total. The molecular weight excluding hydrogens is 1180 g/mol. The maximum Gasteiger partial charge on any atom is 0.252 e. The van der Waals surface area contributed by atoms with Crippen LogP contribution in [0.4, 0.5) is 34.1 Å². The van der Waals surface area contributed by atoms with Crippen molar-refractivity contribution in [3.63, 3.8) is 0 Å². The zero-order chi connectivity index (χ0) is 64.3. The Hall–Kier alpha value is -12.6. The van der Waals surface area contributed by atoms with Crippen molar-refractivity contribution in [1.29, 1.82) is 0 Å². The van der Waals surface area contributed by atoms with E-state index in [1.807, 2.05) is 30.3 Å². The van der Waals surface area contributed by atoms with E-state index < -0.39 is 0 Å². The first kappa shape index (κ1) is 56.0. The molecule has 1 aliphatic carbocycles. The average Bonchev–Trinajstić information content (AvgIpc) is 0.830. The van der Waals surface area contributed by atoms with Crippen LogP contribution in [0, 0.1) is 0 Å². The van der Waals surface area contributed by atoms with Gasteiger partial charge >= 0.3 is 0 Å². The van der Waals surface area contributed by atoms with E-state index in [-0.39, 0.29) is 12.1 Å². The fraction of sp³-hybridized carbons (Fsp3) is 0.0341. The summed E-state index contributed by atoms with van der Waals surface area (Å²) in [5.41, 5.74) is 27.6. The number of rotatable bonds is 10. The third-order valence-corrected chi connectivity index (χ3v) is 20.0. The number of nitrogens with zero attached hydrogens (tertiary/aromatic N) is 8. The van der Waals surface area contributed by atoms with Crippen molar-refractivity contribution in [1.82, 2.24) is 29.5 Å². The lowest BCUT2D eigenvalue weighted by molar-refractivity contribution is 0.661. The summed E-state index contributed by atoms with van der Waals surface area (Å²) in [7, 11) is 0. The summed E-state index contributed by atoms with van der Waals surface area (Å²) in [6.07, 6.45) is 0. The minimum atomic E-state index is -0.245. The van der Waals surface area contributed by atoms with Gasteiger partial charge < -0.3 is 14.4 Å². The van der Waals surface area contributed by atoms with Gasteiger partial charge in [0.05, 0.1) is 33.8 Å². The largest absolute Gasteiger partial charge is 0.311 e. The Balaban J connectivity index is 0.854. The van der Waals surface area contributed by atoms with Crippen LogP contribution in [0.3, 0.4) is 0 Å². The van der Waals surface area contributed by atoms with Crippen molar-refractivity contribution in [2.24, 2.45) is 0 Å². The molecule has 0 saturated carbocycles. The lowest BCUT2D eigenvalue weighted by Gasteiger charge is -2.45. The number of aromatic nitrogens is 6. The molecule has 3 aromatic heterocycles. The fourth-order valence-electron chi connectivity index (χ4n) is 15.6. The SMILES string of the molecule is CC1(C)c2ccccc2-c2cc3c4ccccc4n(-c4ccc(-c5nc(-c6ccccc6)cc(-c6ccccc6)n5)cc4-c4nc(-c5ccccc5)nc(-c5cccc(-c6ccc7c8c6N(c6ccccc6)c6ccccc6B8c6ccccc6N7c6ccccc6)c5)n4)c3cc21. The van der Waals surface area contributed by atoms with Gasteiger partial charge in [-0.25, -0.2) is 24.9 Å². The summed E-state index contributed by atoms with van der Waals surface area (Å²) in [5, 5.41) is 2.32. The standard InChI is InChI=1S/C88H59BN8/c1-88(2)70-41-20-18-39-65(70)67-53-68-66-40-19-23-44-76(66)97(81(68)54-71(67)88)77-49-47-61(85-90-74(56-27-8-3-9-28-56)55-75(91-85)57-29-10-4-11-30-57)52-69(77)87-93-84(58-31-12-5-13-32-58)92-86(94-87)60-34-26-33-59(51-60)64-48-50-80-82-83(64)96(63-37-16-7-17-38-63)79-46-25-22-43-73(79)89(82)72-42-21-24-45-78(72)95(80)62-35-14-6-15-36-62/h3-55H,1-2H3. The molecule has 454 valence electrons. The molecule has 9 heteroatoms. The molecule has 0 saturated heterocycles. The Labute approximate surface area is 562 Å². The molecule has 0 amide bonds. The van der Waals surface area contributed by atoms with E-state index in [1.165, 1.54) is 49.7 Å². The molecule has 5 heterocycles. The van der Waals surface area contributed by atoms with Gasteiger partial charge in [0.15, 0.2) is 23.3 Å². The monoisotopic (exact) mass is 1240 g/mol. The second kappa shape index (κ2) is 22.3. The van der Waals surface area contributed by atoms with E-state index in [2.05, 4.69) is 319 Å².